The summed E-state index contributed by atoms with van der Waals surface area (Å²) >= 11 is 0. The molecule has 4 saturated carbocycles. The number of epoxide rings is 1. The van der Waals surface area contributed by atoms with Crippen LogP contribution >= 0.6 is 0 Å². The van der Waals surface area contributed by atoms with Gasteiger partial charge >= 0.3 is 5.63 Å². The van der Waals surface area contributed by atoms with E-state index in [4.69, 9.17) is 28.1 Å². The molecule has 0 aromatic carbocycles. The van der Waals surface area contributed by atoms with E-state index in [1.54, 1.807) is 13.0 Å². The number of carbonyl (C=O) groups is 1. The molecule has 15 atom stereocenters. The maximum atomic E-state index is 14.4. The molecule has 10 nitrogen and oxygen atoms in total. The molecule has 9 rings (SSSR count). The van der Waals surface area contributed by atoms with Gasteiger partial charge in [0.15, 0.2) is 17.9 Å². The zero-order valence-electron chi connectivity index (χ0n) is 22.9. The van der Waals surface area contributed by atoms with Gasteiger partial charge in [0.1, 0.15) is 29.5 Å². The molecule has 1 aromatic rings. The lowest BCUT2D eigenvalue weighted by Crippen LogP contribution is -2.76. The number of fused-ring (bicyclic) bond motifs is 3. The van der Waals surface area contributed by atoms with E-state index >= 15 is 0 Å². The summed E-state index contributed by atoms with van der Waals surface area (Å²) in [5.41, 5.74) is -4.26. The third-order valence-corrected chi connectivity index (χ3v) is 12.7. The van der Waals surface area contributed by atoms with Crippen LogP contribution in [-0.4, -0.2) is 75.9 Å². The SMILES string of the molecule is CC1CC2OC34CC5(C)C(CC3OC(O1)C2O4)CC1OC12C5C(O)C(=O)C1(C)C(c3ccc(=O)oc3)CCC12O. The predicted octanol–water partition coefficient (Wildman–Crippen LogP) is 1.79. The van der Waals surface area contributed by atoms with Crippen molar-refractivity contribution >= 4 is 5.78 Å². The van der Waals surface area contributed by atoms with E-state index in [0.717, 1.165) is 6.42 Å². The Hall–Kier alpha value is -1.66. The molecule has 4 saturated heterocycles. The van der Waals surface area contributed by atoms with E-state index in [2.05, 4.69) is 6.92 Å². The van der Waals surface area contributed by atoms with E-state index in [0.29, 0.717) is 37.7 Å². The molecule has 8 aliphatic rings. The Morgan fingerprint density at radius 1 is 1.00 bits per heavy atom. The fraction of sp³-hybridized carbons (Fsp3) is 0.800. The maximum absolute atomic E-state index is 14.4. The van der Waals surface area contributed by atoms with Gasteiger partial charge in [-0.1, -0.05) is 6.92 Å². The first-order valence-corrected chi connectivity index (χ1v) is 14.8. The van der Waals surface area contributed by atoms with Crippen LogP contribution in [0.15, 0.2) is 27.6 Å². The summed E-state index contributed by atoms with van der Waals surface area (Å²) < 4.78 is 37.6. The van der Waals surface area contributed by atoms with Gasteiger partial charge in [0, 0.05) is 30.7 Å². The molecule has 2 spiro atoms. The third kappa shape index (κ3) is 2.55. The lowest BCUT2D eigenvalue weighted by Gasteiger charge is -2.64. The van der Waals surface area contributed by atoms with Crippen LogP contribution in [0.2, 0.25) is 0 Å². The molecule has 2 bridgehead atoms. The molecule has 0 radical (unpaired) electrons. The average Bonchev–Trinajstić information content (AvgIpc) is 3.42. The predicted molar refractivity (Wildman–Crippen MR) is 134 cm³/mol. The molecule has 1 aromatic heterocycles. The minimum atomic E-state index is -1.49. The minimum Gasteiger partial charge on any atom is -0.431 e. The number of ether oxygens (including phenoxy) is 5. The number of Topliss-reactive ketones (excluding diaryl/α,β-unsaturated/α-hetero) is 1. The van der Waals surface area contributed by atoms with Crippen LogP contribution in [0.25, 0.3) is 0 Å². The smallest absolute Gasteiger partial charge is 0.335 e. The summed E-state index contributed by atoms with van der Waals surface area (Å²) in [5.74, 6) is -2.33. The summed E-state index contributed by atoms with van der Waals surface area (Å²) in [5, 5.41) is 24.7. The molecule has 15 unspecified atom stereocenters. The number of carbonyl (C=O) groups excluding carboxylic acids is 1. The zero-order chi connectivity index (χ0) is 27.6. The second kappa shape index (κ2) is 7.27. The molecular formula is C30H36O10. The third-order valence-electron chi connectivity index (χ3n) is 12.7. The van der Waals surface area contributed by atoms with Crippen molar-refractivity contribution in [3.63, 3.8) is 0 Å². The molecule has 4 aliphatic heterocycles. The van der Waals surface area contributed by atoms with E-state index in [1.807, 2.05) is 6.92 Å². The zero-order valence-corrected chi connectivity index (χ0v) is 22.9. The maximum Gasteiger partial charge on any atom is 0.335 e. The number of aliphatic hydroxyl groups is 2. The molecule has 40 heavy (non-hydrogen) atoms. The van der Waals surface area contributed by atoms with Crippen molar-refractivity contribution in [3.05, 3.63) is 34.4 Å². The highest BCUT2D eigenvalue weighted by Gasteiger charge is 2.89. The second-order valence-electron chi connectivity index (χ2n) is 14.3. The summed E-state index contributed by atoms with van der Waals surface area (Å²) in [6, 6.07) is 3.00. The normalized spacial score (nSPS) is 60.7. The minimum absolute atomic E-state index is 0.00463. The van der Waals surface area contributed by atoms with E-state index in [-0.39, 0.29) is 42.2 Å². The first kappa shape index (κ1) is 24.9. The van der Waals surface area contributed by atoms with Gasteiger partial charge in [-0.05, 0) is 62.5 Å². The standard InChI is InChI=1S/C30H36O10/c1-13-8-17-22-25(36-13)37-18-9-15-10-19-30(39-19)23(26(15,2)12-28(18,38-17)40-22)21(32)24(33)27(3)16(6-7-29(27,30)34)14-4-5-20(31)35-11-14/h4-5,11,13,15-19,21-23,25,32,34H,6-10,12H2,1-3H3. The van der Waals surface area contributed by atoms with Crippen LogP contribution in [0, 0.1) is 22.7 Å². The van der Waals surface area contributed by atoms with Crippen molar-refractivity contribution in [2.45, 2.75) is 125 Å². The second-order valence-corrected chi connectivity index (χ2v) is 14.3. The topological polar surface area (TPSA) is 137 Å². The van der Waals surface area contributed by atoms with Crippen molar-refractivity contribution in [3.8, 4) is 0 Å². The number of ketones is 1. The van der Waals surface area contributed by atoms with Gasteiger partial charge < -0.3 is 38.3 Å². The number of hydrogen-bond donors (Lipinski definition) is 2. The molecule has 0 amide bonds. The van der Waals surface area contributed by atoms with Gasteiger partial charge in [0.2, 0.25) is 0 Å². The Labute approximate surface area is 231 Å². The van der Waals surface area contributed by atoms with Crippen LogP contribution in [0.3, 0.4) is 0 Å². The molecular weight excluding hydrogens is 520 g/mol. The summed E-state index contributed by atoms with van der Waals surface area (Å²) in [4.78, 5) is 26.0. The molecule has 5 heterocycles. The summed E-state index contributed by atoms with van der Waals surface area (Å²) in [6.07, 6.45) is 1.92. The quantitative estimate of drug-likeness (QED) is 0.389. The highest BCUT2D eigenvalue weighted by Crippen LogP contribution is 2.78. The van der Waals surface area contributed by atoms with Crippen LogP contribution in [-0.2, 0) is 28.5 Å². The van der Waals surface area contributed by atoms with Crippen LogP contribution in [0.4, 0.5) is 0 Å². The van der Waals surface area contributed by atoms with E-state index in [1.165, 1.54) is 12.3 Å². The average molecular weight is 557 g/mol. The molecule has 4 aliphatic carbocycles. The number of rotatable bonds is 1. The van der Waals surface area contributed by atoms with Crippen molar-refractivity contribution in [1.29, 1.82) is 0 Å². The monoisotopic (exact) mass is 556 g/mol. The van der Waals surface area contributed by atoms with Crippen molar-refractivity contribution in [2.75, 3.05) is 0 Å². The van der Waals surface area contributed by atoms with Crippen LogP contribution in [0.5, 0.6) is 0 Å². The summed E-state index contributed by atoms with van der Waals surface area (Å²) in [7, 11) is 0. The number of aliphatic hydroxyl groups excluding tert-OH is 1. The lowest BCUT2D eigenvalue weighted by atomic mass is 9.41. The van der Waals surface area contributed by atoms with Crippen LogP contribution < -0.4 is 5.63 Å². The highest BCUT2D eigenvalue weighted by molar-refractivity contribution is 5.94. The first-order valence-electron chi connectivity index (χ1n) is 14.8. The van der Waals surface area contributed by atoms with E-state index in [9.17, 15) is 19.8 Å². The molecule has 2 N–H and O–H groups in total. The van der Waals surface area contributed by atoms with Gasteiger partial charge in [0.25, 0.3) is 0 Å². The van der Waals surface area contributed by atoms with E-state index < -0.39 is 57.7 Å². The van der Waals surface area contributed by atoms with Crippen molar-refractivity contribution in [1.82, 2.24) is 0 Å². The Bertz CT molecular complexity index is 1360. The Morgan fingerprint density at radius 3 is 2.58 bits per heavy atom. The first-order chi connectivity index (χ1) is 19.0. The van der Waals surface area contributed by atoms with Gasteiger partial charge in [-0.2, -0.15) is 0 Å². The van der Waals surface area contributed by atoms with Crippen molar-refractivity contribution < 1.29 is 43.1 Å². The molecule has 10 heteroatoms. The van der Waals surface area contributed by atoms with Gasteiger partial charge in [-0.15, -0.1) is 0 Å². The Kier molecular flexibility index (Phi) is 4.53. The van der Waals surface area contributed by atoms with Gasteiger partial charge in [-0.3, -0.25) is 4.79 Å². The van der Waals surface area contributed by atoms with Crippen molar-refractivity contribution in [2.24, 2.45) is 22.7 Å². The molecule has 8 fully saturated rings. The lowest BCUT2D eigenvalue weighted by molar-refractivity contribution is -0.375. The Morgan fingerprint density at radius 2 is 1.80 bits per heavy atom. The van der Waals surface area contributed by atoms with Gasteiger partial charge in [0.05, 0.1) is 30.0 Å². The largest absolute Gasteiger partial charge is 0.431 e. The number of hydrogen-bond acceptors (Lipinski definition) is 10. The summed E-state index contributed by atoms with van der Waals surface area (Å²) in [6.45, 7) is 5.90. The molecule has 216 valence electrons. The Balaban J connectivity index is 1.13. The fourth-order valence-corrected chi connectivity index (χ4v) is 11.0. The highest BCUT2D eigenvalue weighted by atomic mass is 16.8. The fourth-order valence-electron chi connectivity index (χ4n) is 11.0. The van der Waals surface area contributed by atoms with Gasteiger partial charge in [-0.25, -0.2) is 4.79 Å². The van der Waals surface area contributed by atoms with Crippen LogP contribution in [0.1, 0.15) is 70.8 Å².